The maximum atomic E-state index is 10.0. The molecule has 0 bridgehead atoms. The fourth-order valence-corrected chi connectivity index (χ4v) is 2.91. The first-order valence-corrected chi connectivity index (χ1v) is 6.45. The van der Waals surface area contributed by atoms with Crippen molar-refractivity contribution in [1.82, 2.24) is 5.32 Å². The summed E-state index contributed by atoms with van der Waals surface area (Å²) in [6, 6.07) is 3.81. The summed E-state index contributed by atoms with van der Waals surface area (Å²) in [5, 5.41) is 13.4. The van der Waals surface area contributed by atoms with Crippen LogP contribution in [-0.2, 0) is 24.4 Å². The van der Waals surface area contributed by atoms with Crippen molar-refractivity contribution in [2.24, 2.45) is 5.92 Å². The molecule has 2 aliphatic rings. The Bertz CT molecular complexity index is 411. The van der Waals surface area contributed by atoms with Crippen LogP contribution in [0, 0.1) is 5.92 Å². The van der Waals surface area contributed by atoms with Gasteiger partial charge in [-0.3, -0.25) is 0 Å². The van der Waals surface area contributed by atoms with Gasteiger partial charge in [-0.2, -0.15) is 0 Å². The number of aromatic hydroxyl groups is 1. The largest absolute Gasteiger partial charge is 0.508 e. The third kappa shape index (κ3) is 2.17. The van der Waals surface area contributed by atoms with Gasteiger partial charge in [-0.15, -0.1) is 0 Å². The number of hydrogen-bond donors (Lipinski definition) is 2. The monoisotopic (exact) mass is 233 g/mol. The van der Waals surface area contributed by atoms with E-state index in [9.17, 15) is 5.11 Å². The summed E-state index contributed by atoms with van der Waals surface area (Å²) >= 11 is 0. The van der Waals surface area contributed by atoms with Gasteiger partial charge in [-0.25, -0.2) is 0 Å². The second-order valence-electron chi connectivity index (χ2n) is 5.09. The van der Waals surface area contributed by atoms with Crippen molar-refractivity contribution in [3.05, 3.63) is 28.8 Å². The van der Waals surface area contributed by atoms with Gasteiger partial charge in [0.1, 0.15) is 5.75 Å². The van der Waals surface area contributed by atoms with Gasteiger partial charge in [0.15, 0.2) is 0 Å². The summed E-state index contributed by atoms with van der Waals surface area (Å²) in [5.74, 6) is 1.15. The second-order valence-corrected chi connectivity index (χ2v) is 5.09. The SMILES string of the molecule is Oc1ccc2c(c1CC1CCNCC1)COC2. The number of hydrogen-bond acceptors (Lipinski definition) is 3. The summed E-state index contributed by atoms with van der Waals surface area (Å²) in [7, 11) is 0. The third-order valence-corrected chi connectivity index (χ3v) is 3.96. The highest BCUT2D eigenvalue weighted by Crippen LogP contribution is 2.33. The molecule has 0 aliphatic carbocycles. The van der Waals surface area contributed by atoms with Gasteiger partial charge in [0.25, 0.3) is 0 Å². The number of phenols is 1. The van der Waals surface area contributed by atoms with Crippen molar-refractivity contribution in [2.45, 2.75) is 32.5 Å². The molecule has 3 heteroatoms. The maximum Gasteiger partial charge on any atom is 0.119 e. The van der Waals surface area contributed by atoms with Crippen LogP contribution >= 0.6 is 0 Å². The molecule has 1 aromatic rings. The molecule has 0 amide bonds. The van der Waals surface area contributed by atoms with Crippen LogP contribution in [0.5, 0.6) is 5.75 Å². The molecule has 0 spiro atoms. The smallest absolute Gasteiger partial charge is 0.119 e. The molecule has 1 aromatic carbocycles. The van der Waals surface area contributed by atoms with Gasteiger partial charge in [-0.1, -0.05) is 6.07 Å². The Balaban J connectivity index is 1.84. The molecule has 2 heterocycles. The maximum absolute atomic E-state index is 10.0. The highest BCUT2D eigenvalue weighted by atomic mass is 16.5. The number of piperidine rings is 1. The highest BCUT2D eigenvalue weighted by Gasteiger charge is 2.22. The van der Waals surface area contributed by atoms with Crippen molar-refractivity contribution in [3.63, 3.8) is 0 Å². The van der Waals surface area contributed by atoms with Gasteiger partial charge in [0.2, 0.25) is 0 Å². The van der Waals surface area contributed by atoms with Crippen LogP contribution in [-0.4, -0.2) is 18.2 Å². The van der Waals surface area contributed by atoms with Gasteiger partial charge in [-0.05, 0) is 55.5 Å². The molecular formula is C14H19NO2. The molecule has 3 nitrogen and oxygen atoms in total. The zero-order valence-corrected chi connectivity index (χ0v) is 10.0. The number of ether oxygens (including phenoxy) is 1. The lowest BCUT2D eigenvalue weighted by molar-refractivity contribution is 0.134. The lowest BCUT2D eigenvalue weighted by Crippen LogP contribution is -2.28. The van der Waals surface area contributed by atoms with Crippen LogP contribution < -0.4 is 5.32 Å². The molecule has 92 valence electrons. The molecule has 0 radical (unpaired) electrons. The molecule has 3 rings (SSSR count). The molecule has 1 saturated heterocycles. The van der Waals surface area contributed by atoms with E-state index in [-0.39, 0.29) is 0 Å². The number of fused-ring (bicyclic) bond motifs is 1. The first kappa shape index (κ1) is 11.1. The van der Waals surface area contributed by atoms with E-state index >= 15 is 0 Å². The lowest BCUT2D eigenvalue weighted by Gasteiger charge is -2.23. The van der Waals surface area contributed by atoms with Crippen LogP contribution in [0.25, 0.3) is 0 Å². The number of benzene rings is 1. The zero-order valence-electron chi connectivity index (χ0n) is 10.0. The molecule has 0 atom stereocenters. The first-order valence-electron chi connectivity index (χ1n) is 6.45. The van der Waals surface area contributed by atoms with Gasteiger partial charge in [0.05, 0.1) is 13.2 Å². The molecule has 0 unspecified atom stereocenters. The summed E-state index contributed by atoms with van der Waals surface area (Å²) in [5.41, 5.74) is 3.63. The molecule has 17 heavy (non-hydrogen) atoms. The second kappa shape index (κ2) is 4.67. The van der Waals surface area contributed by atoms with Crippen LogP contribution in [0.15, 0.2) is 12.1 Å². The Kier molecular flexibility index (Phi) is 3.04. The predicted octanol–water partition coefficient (Wildman–Crippen LogP) is 1.96. The number of phenolic OH excluding ortho intramolecular Hbond substituents is 1. The minimum absolute atomic E-state index is 0.452. The summed E-state index contributed by atoms with van der Waals surface area (Å²) in [4.78, 5) is 0. The Hall–Kier alpha value is -1.06. The van der Waals surface area contributed by atoms with E-state index < -0.39 is 0 Å². The van der Waals surface area contributed by atoms with Crippen molar-refractivity contribution in [3.8, 4) is 5.75 Å². The normalized spacial score (nSPS) is 20.5. The first-order chi connectivity index (χ1) is 8.34. The van der Waals surface area contributed by atoms with E-state index in [0.717, 1.165) is 25.1 Å². The molecule has 0 saturated carbocycles. The lowest BCUT2D eigenvalue weighted by atomic mass is 9.88. The van der Waals surface area contributed by atoms with E-state index in [0.29, 0.717) is 24.9 Å². The molecule has 2 N–H and O–H groups in total. The van der Waals surface area contributed by atoms with E-state index in [1.165, 1.54) is 24.0 Å². The summed E-state index contributed by atoms with van der Waals surface area (Å²) in [6.45, 7) is 3.59. The van der Waals surface area contributed by atoms with Crippen LogP contribution in [0.1, 0.15) is 29.5 Å². The molecule has 1 fully saturated rings. The Morgan fingerprint density at radius 2 is 2.06 bits per heavy atom. The molecule has 2 aliphatic heterocycles. The third-order valence-electron chi connectivity index (χ3n) is 3.96. The average Bonchev–Trinajstić information content (AvgIpc) is 2.83. The van der Waals surface area contributed by atoms with Gasteiger partial charge < -0.3 is 15.2 Å². The van der Waals surface area contributed by atoms with E-state index in [2.05, 4.69) is 5.32 Å². The van der Waals surface area contributed by atoms with Crippen molar-refractivity contribution in [2.75, 3.05) is 13.1 Å². The van der Waals surface area contributed by atoms with Crippen molar-refractivity contribution < 1.29 is 9.84 Å². The minimum Gasteiger partial charge on any atom is -0.508 e. The number of rotatable bonds is 2. The van der Waals surface area contributed by atoms with E-state index in [4.69, 9.17) is 4.74 Å². The van der Waals surface area contributed by atoms with Gasteiger partial charge >= 0.3 is 0 Å². The Labute approximate surface area is 102 Å². The van der Waals surface area contributed by atoms with Crippen LogP contribution in [0.2, 0.25) is 0 Å². The topological polar surface area (TPSA) is 41.5 Å². The zero-order chi connectivity index (χ0) is 11.7. The Morgan fingerprint density at radius 1 is 1.24 bits per heavy atom. The van der Waals surface area contributed by atoms with Crippen LogP contribution in [0.3, 0.4) is 0 Å². The average molecular weight is 233 g/mol. The van der Waals surface area contributed by atoms with E-state index in [1.807, 2.05) is 12.1 Å². The van der Waals surface area contributed by atoms with Crippen molar-refractivity contribution >= 4 is 0 Å². The standard InChI is InChI=1S/C14H19NO2/c16-14-2-1-11-8-17-9-13(11)12(14)7-10-3-5-15-6-4-10/h1-2,10,15-16H,3-9H2. The van der Waals surface area contributed by atoms with Crippen molar-refractivity contribution in [1.29, 1.82) is 0 Å². The summed E-state index contributed by atoms with van der Waals surface area (Å²) in [6.07, 6.45) is 3.42. The minimum atomic E-state index is 0.452. The fourth-order valence-electron chi connectivity index (χ4n) is 2.91. The predicted molar refractivity (Wildman–Crippen MR) is 65.9 cm³/mol. The van der Waals surface area contributed by atoms with Crippen LogP contribution in [0.4, 0.5) is 0 Å². The fraction of sp³-hybridized carbons (Fsp3) is 0.571. The van der Waals surface area contributed by atoms with Gasteiger partial charge in [0, 0.05) is 5.56 Å². The number of nitrogens with one attached hydrogen (secondary N) is 1. The Morgan fingerprint density at radius 3 is 2.88 bits per heavy atom. The summed E-state index contributed by atoms with van der Waals surface area (Å²) < 4.78 is 5.48. The van der Waals surface area contributed by atoms with E-state index in [1.54, 1.807) is 0 Å². The highest BCUT2D eigenvalue weighted by molar-refractivity contribution is 5.45. The molecular weight excluding hydrogens is 214 g/mol. The molecule has 0 aromatic heterocycles. The quantitative estimate of drug-likeness (QED) is 0.820.